The molecule has 58 heavy (non-hydrogen) atoms. The predicted octanol–water partition coefficient (Wildman–Crippen LogP) is 16.7. The molecule has 290 valence electrons. The molecule has 0 N–H and O–H groups in total. The van der Waals surface area contributed by atoms with Crippen molar-refractivity contribution < 1.29 is 0 Å². The molecule has 2 saturated heterocycles. The van der Waals surface area contributed by atoms with E-state index in [0.717, 1.165) is 0 Å². The van der Waals surface area contributed by atoms with Gasteiger partial charge in [-0.15, -0.1) is 0 Å². The van der Waals surface area contributed by atoms with E-state index in [1.54, 1.807) is 22.3 Å². The first kappa shape index (κ1) is 37.9. The molecule has 8 aromatic rings. The highest BCUT2D eigenvalue weighted by molar-refractivity contribution is 7.77. The van der Waals surface area contributed by atoms with Crippen LogP contribution in [0.3, 0.4) is 0 Å². The van der Waals surface area contributed by atoms with Crippen molar-refractivity contribution in [2.45, 2.75) is 86.8 Å². The van der Waals surface area contributed by atoms with E-state index >= 15 is 0 Å². The van der Waals surface area contributed by atoms with Crippen LogP contribution in [0, 0.1) is 0 Å². The van der Waals surface area contributed by atoms with E-state index in [9.17, 15) is 0 Å². The Bertz CT molecular complexity index is 2350. The molecule has 0 saturated carbocycles. The second-order valence-electron chi connectivity index (χ2n) is 17.1. The minimum atomic E-state index is -0.488. The van der Waals surface area contributed by atoms with Crippen LogP contribution in [0.25, 0.3) is 43.1 Å². The van der Waals surface area contributed by atoms with E-state index in [1.807, 2.05) is 0 Å². The van der Waals surface area contributed by atoms with Crippen molar-refractivity contribution in [3.63, 3.8) is 0 Å². The third-order valence-electron chi connectivity index (χ3n) is 14.1. The summed E-state index contributed by atoms with van der Waals surface area (Å²) in [5.41, 5.74) is 6.38. The SMILES string of the molecule is CCCCCCCC(P1CCCC1(c1cccc2ccccc12)c1cccc2ccccc12)P1CCCC1(c1cccc2ccccc12)c1cccc2ccccc12. The molecule has 0 bridgehead atoms. The molecule has 8 aromatic carbocycles. The first-order valence-electron chi connectivity index (χ1n) is 22.2. The summed E-state index contributed by atoms with van der Waals surface area (Å²) < 4.78 is 0. The first-order valence-corrected chi connectivity index (χ1v) is 25.4. The molecule has 2 aliphatic rings. The van der Waals surface area contributed by atoms with Crippen molar-refractivity contribution in [2.75, 3.05) is 12.3 Å². The van der Waals surface area contributed by atoms with Crippen LogP contribution < -0.4 is 0 Å². The third kappa shape index (κ3) is 6.34. The van der Waals surface area contributed by atoms with Gasteiger partial charge in [-0.05, 0) is 110 Å². The Morgan fingerprint density at radius 2 is 0.724 bits per heavy atom. The fraction of sp³-hybridized carbons (Fsp3) is 0.286. The topological polar surface area (TPSA) is 0 Å². The monoisotopic (exact) mass is 790 g/mol. The predicted molar refractivity (Wildman–Crippen MR) is 257 cm³/mol. The van der Waals surface area contributed by atoms with Crippen LogP contribution >= 0.6 is 15.8 Å². The molecule has 0 spiro atoms. The minimum Gasteiger partial charge on any atom is -0.0834 e. The molecular formula is C56H56P2. The van der Waals surface area contributed by atoms with Crippen LogP contribution in [-0.2, 0) is 10.3 Å². The number of benzene rings is 8. The van der Waals surface area contributed by atoms with Crippen LogP contribution in [0.4, 0.5) is 0 Å². The van der Waals surface area contributed by atoms with Crippen LogP contribution in [0.15, 0.2) is 170 Å². The molecule has 2 fully saturated rings. The van der Waals surface area contributed by atoms with Gasteiger partial charge in [-0.3, -0.25) is 0 Å². The zero-order chi connectivity index (χ0) is 38.9. The maximum absolute atomic E-state index is 2.56. The van der Waals surface area contributed by atoms with Gasteiger partial charge in [-0.25, -0.2) is 0 Å². The Morgan fingerprint density at radius 1 is 0.397 bits per heavy atom. The number of fused-ring (bicyclic) bond motifs is 4. The molecule has 0 amide bonds. The van der Waals surface area contributed by atoms with Gasteiger partial charge in [0.2, 0.25) is 0 Å². The van der Waals surface area contributed by atoms with Gasteiger partial charge in [0.1, 0.15) is 0 Å². The van der Waals surface area contributed by atoms with Crippen LogP contribution in [0.2, 0.25) is 0 Å². The molecule has 0 aromatic heterocycles. The number of hydrogen-bond donors (Lipinski definition) is 0. The van der Waals surface area contributed by atoms with Gasteiger partial charge in [0.05, 0.1) is 0 Å². The molecule has 10 rings (SSSR count). The molecule has 2 heteroatoms. The highest BCUT2D eigenvalue weighted by Gasteiger charge is 2.56. The zero-order valence-corrected chi connectivity index (χ0v) is 35.9. The molecular weight excluding hydrogens is 735 g/mol. The molecule has 2 unspecified atom stereocenters. The van der Waals surface area contributed by atoms with E-state index in [-0.39, 0.29) is 10.3 Å². The first-order chi connectivity index (χ1) is 28.7. The lowest BCUT2D eigenvalue weighted by atomic mass is 9.82. The van der Waals surface area contributed by atoms with Crippen LogP contribution in [0.5, 0.6) is 0 Å². The number of hydrogen-bond acceptors (Lipinski definition) is 0. The largest absolute Gasteiger partial charge is 0.0834 e. The summed E-state index contributed by atoms with van der Waals surface area (Å²) in [6.45, 7) is 2.36. The Labute approximate surface area is 348 Å². The Hall–Kier alpha value is -4.34. The van der Waals surface area contributed by atoms with Gasteiger partial charge in [0.25, 0.3) is 0 Å². The Morgan fingerprint density at radius 3 is 1.09 bits per heavy atom. The van der Waals surface area contributed by atoms with Gasteiger partial charge in [0.15, 0.2) is 0 Å². The van der Waals surface area contributed by atoms with Gasteiger partial charge in [-0.1, -0.05) is 225 Å². The number of unbranched alkanes of at least 4 members (excludes halogenated alkanes) is 4. The molecule has 0 aliphatic carbocycles. The normalized spacial score (nSPS) is 19.3. The summed E-state index contributed by atoms with van der Waals surface area (Å²) in [5.74, 6) is 0. The lowest BCUT2D eigenvalue weighted by molar-refractivity contribution is 0.615. The van der Waals surface area contributed by atoms with Crippen molar-refractivity contribution in [1.29, 1.82) is 0 Å². The minimum absolute atomic E-state index is 0.0285. The Balaban J connectivity index is 1.25. The zero-order valence-electron chi connectivity index (χ0n) is 34.1. The standard InChI is InChI=1S/C56H56P2/c1-2-3-4-5-6-37-54(57-40-19-38-55(57,50-33-15-25-42-21-7-11-29-46(42)50)51-34-16-26-43-22-8-12-30-47(43)51)58-41-20-39-56(58,52-35-17-27-44-23-9-13-31-48(44)52)53-36-18-28-45-24-10-14-32-49(45)53/h7-18,21-36,54H,2-6,19-20,37-41H2,1H3. The fourth-order valence-corrected chi connectivity index (χ4v) is 22.2. The molecule has 0 radical (unpaired) electrons. The Kier molecular flexibility index (Phi) is 10.7. The van der Waals surface area contributed by atoms with Crippen LogP contribution in [-0.4, -0.2) is 17.7 Å². The summed E-state index contributed by atoms with van der Waals surface area (Å²) in [7, 11) is -0.975. The smallest absolute Gasteiger partial charge is 0.0419 e. The van der Waals surface area contributed by atoms with Crippen molar-refractivity contribution in [3.8, 4) is 0 Å². The van der Waals surface area contributed by atoms with E-state index < -0.39 is 15.8 Å². The third-order valence-corrected chi connectivity index (χ3v) is 22.7. The molecule has 2 atom stereocenters. The van der Waals surface area contributed by atoms with Gasteiger partial charge in [0, 0.05) is 15.7 Å². The van der Waals surface area contributed by atoms with Crippen molar-refractivity contribution in [1.82, 2.24) is 0 Å². The van der Waals surface area contributed by atoms with Crippen molar-refractivity contribution in [2.24, 2.45) is 0 Å². The molecule has 2 aliphatic heterocycles. The maximum Gasteiger partial charge on any atom is 0.0419 e. The lowest BCUT2D eigenvalue weighted by Crippen LogP contribution is -2.31. The van der Waals surface area contributed by atoms with E-state index in [2.05, 4.69) is 177 Å². The van der Waals surface area contributed by atoms with E-state index in [4.69, 9.17) is 0 Å². The quantitative estimate of drug-likeness (QED) is 0.0854. The average Bonchev–Trinajstić information content (AvgIpc) is 3.93. The fourth-order valence-electron chi connectivity index (χ4n) is 11.7. The second-order valence-corrected chi connectivity index (χ2v) is 23.1. The second kappa shape index (κ2) is 16.4. The summed E-state index contributed by atoms with van der Waals surface area (Å²) in [6, 6.07) is 66.5. The van der Waals surface area contributed by atoms with Crippen LogP contribution in [0.1, 0.15) is 93.4 Å². The number of rotatable bonds is 12. The summed E-state index contributed by atoms with van der Waals surface area (Å²) >= 11 is 0. The lowest BCUT2D eigenvalue weighted by Gasteiger charge is -2.49. The van der Waals surface area contributed by atoms with E-state index in [1.165, 1.54) is 120 Å². The van der Waals surface area contributed by atoms with Crippen molar-refractivity contribution >= 4 is 58.9 Å². The molecule has 0 nitrogen and oxygen atoms in total. The average molecular weight is 791 g/mol. The summed E-state index contributed by atoms with van der Waals surface area (Å²) in [5, 5.41) is 12.0. The maximum atomic E-state index is 2.56. The van der Waals surface area contributed by atoms with Crippen molar-refractivity contribution in [3.05, 3.63) is 192 Å². The highest BCUT2D eigenvalue weighted by atomic mass is 31.2. The van der Waals surface area contributed by atoms with E-state index in [0.29, 0.717) is 5.40 Å². The highest BCUT2D eigenvalue weighted by Crippen LogP contribution is 2.82. The summed E-state index contributed by atoms with van der Waals surface area (Å²) in [6.07, 6.45) is 15.8. The van der Waals surface area contributed by atoms with Gasteiger partial charge < -0.3 is 0 Å². The summed E-state index contributed by atoms with van der Waals surface area (Å²) in [4.78, 5) is 0. The molecule has 2 heterocycles. The van der Waals surface area contributed by atoms with Gasteiger partial charge in [-0.2, -0.15) is 0 Å². The van der Waals surface area contributed by atoms with Gasteiger partial charge >= 0.3 is 0 Å².